The number of fused-ring (bicyclic) bond motifs is 1. The molecule has 6 heteroatoms. The highest BCUT2D eigenvalue weighted by Crippen LogP contribution is 2.31. The number of nitrogens with zero attached hydrogens (tertiary/aromatic N) is 4. The fraction of sp³-hybridized carbons (Fsp3) is 0.682. The van der Waals surface area contributed by atoms with Gasteiger partial charge in [0.25, 0.3) is 0 Å². The standard InChI is InChI=1S/C22H36ClN5/c1-4-13-27(19-9-7-12-24-17-19)22-20-16-18(23)10-11-21(20)28(25-22)15-8-14-26(5-2)6-3/h10-11,16,19,24H,4-9,12-15,17H2,1-3H3. The lowest BCUT2D eigenvalue weighted by molar-refractivity contribution is 0.292. The molecule has 1 saturated heterocycles. The fourth-order valence-electron chi connectivity index (χ4n) is 4.30. The lowest BCUT2D eigenvalue weighted by Gasteiger charge is -2.35. The van der Waals surface area contributed by atoms with Gasteiger partial charge in [-0.3, -0.25) is 4.68 Å². The second-order valence-corrected chi connectivity index (χ2v) is 8.22. The summed E-state index contributed by atoms with van der Waals surface area (Å²) in [4.78, 5) is 4.99. The number of hydrogen-bond donors (Lipinski definition) is 1. The van der Waals surface area contributed by atoms with Crippen molar-refractivity contribution < 1.29 is 0 Å². The molecule has 0 saturated carbocycles. The molecule has 2 aromatic rings. The van der Waals surface area contributed by atoms with Gasteiger partial charge in [0, 0.05) is 36.1 Å². The topological polar surface area (TPSA) is 36.3 Å². The zero-order valence-corrected chi connectivity index (χ0v) is 18.5. The summed E-state index contributed by atoms with van der Waals surface area (Å²) in [7, 11) is 0. The molecule has 1 aromatic carbocycles. The van der Waals surface area contributed by atoms with Crippen LogP contribution in [-0.4, -0.2) is 60.0 Å². The molecule has 3 rings (SSSR count). The first kappa shape index (κ1) is 21.4. The van der Waals surface area contributed by atoms with Crippen molar-refractivity contribution in [2.75, 3.05) is 44.2 Å². The molecule has 0 amide bonds. The molecule has 0 spiro atoms. The maximum Gasteiger partial charge on any atom is 0.158 e. The van der Waals surface area contributed by atoms with Crippen LogP contribution in [0.2, 0.25) is 5.02 Å². The van der Waals surface area contributed by atoms with E-state index in [1.165, 1.54) is 23.7 Å². The van der Waals surface area contributed by atoms with Crippen LogP contribution in [0.1, 0.15) is 46.5 Å². The lowest BCUT2D eigenvalue weighted by atomic mass is 10.0. The maximum absolute atomic E-state index is 6.38. The van der Waals surface area contributed by atoms with E-state index in [1.807, 2.05) is 6.07 Å². The SMILES string of the molecule is CCCN(c1nn(CCCN(CC)CC)c2ccc(Cl)cc12)C1CCCNC1. The number of halogens is 1. The van der Waals surface area contributed by atoms with Gasteiger partial charge < -0.3 is 15.1 Å². The third-order valence-electron chi connectivity index (χ3n) is 5.88. The predicted octanol–water partition coefficient (Wildman–Crippen LogP) is 4.39. The molecule has 1 unspecified atom stereocenters. The minimum absolute atomic E-state index is 0.509. The summed E-state index contributed by atoms with van der Waals surface area (Å²) in [5.41, 5.74) is 1.20. The van der Waals surface area contributed by atoms with Gasteiger partial charge in [0.1, 0.15) is 0 Å². The quantitative estimate of drug-likeness (QED) is 0.635. The van der Waals surface area contributed by atoms with Crippen LogP contribution in [0.4, 0.5) is 5.82 Å². The third-order valence-corrected chi connectivity index (χ3v) is 6.11. The summed E-state index contributed by atoms with van der Waals surface area (Å²) in [6, 6.07) is 6.73. The summed E-state index contributed by atoms with van der Waals surface area (Å²) in [6.45, 7) is 14.2. The van der Waals surface area contributed by atoms with Crippen LogP contribution in [0.15, 0.2) is 18.2 Å². The Morgan fingerprint density at radius 3 is 2.71 bits per heavy atom. The summed E-state index contributed by atoms with van der Waals surface area (Å²) in [6.07, 6.45) is 4.69. The van der Waals surface area contributed by atoms with E-state index in [1.54, 1.807) is 0 Å². The van der Waals surface area contributed by atoms with Crippen molar-refractivity contribution in [3.8, 4) is 0 Å². The van der Waals surface area contributed by atoms with E-state index in [0.717, 1.165) is 69.5 Å². The normalized spacial score (nSPS) is 17.5. The van der Waals surface area contributed by atoms with Crippen LogP contribution in [0.25, 0.3) is 10.9 Å². The van der Waals surface area contributed by atoms with Gasteiger partial charge in [0.05, 0.1) is 5.52 Å². The van der Waals surface area contributed by atoms with E-state index < -0.39 is 0 Å². The summed E-state index contributed by atoms with van der Waals surface area (Å²) < 4.78 is 2.20. The number of benzene rings is 1. The van der Waals surface area contributed by atoms with E-state index in [4.69, 9.17) is 16.7 Å². The van der Waals surface area contributed by atoms with Crippen molar-refractivity contribution in [2.45, 2.75) is 59.0 Å². The van der Waals surface area contributed by atoms with Crippen LogP contribution in [0, 0.1) is 0 Å². The van der Waals surface area contributed by atoms with E-state index >= 15 is 0 Å². The molecule has 2 heterocycles. The van der Waals surface area contributed by atoms with Crippen LogP contribution in [0.3, 0.4) is 0 Å². The Labute approximate surface area is 175 Å². The van der Waals surface area contributed by atoms with Crippen LogP contribution in [0.5, 0.6) is 0 Å². The number of anilines is 1. The Kier molecular flexibility index (Phi) is 8.00. The highest BCUT2D eigenvalue weighted by molar-refractivity contribution is 6.31. The molecule has 1 fully saturated rings. The Bertz CT molecular complexity index is 734. The summed E-state index contributed by atoms with van der Waals surface area (Å²) >= 11 is 6.38. The minimum atomic E-state index is 0.509. The predicted molar refractivity (Wildman–Crippen MR) is 121 cm³/mol. The lowest BCUT2D eigenvalue weighted by Crippen LogP contribution is -2.46. The van der Waals surface area contributed by atoms with Crippen molar-refractivity contribution in [1.29, 1.82) is 0 Å². The molecular formula is C22H36ClN5. The molecule has 0 radical (unpaired) electrons. The van der Waals surface area contributed by atoms with Gasteiger partial charge in [-0.25, -0.2) is 0 Å². The number of aryl methyl sites for hydroxylation is 1. The van der Waals surface area contributed by atoms with E-state index in [0.29, 0.717) is 6.04 Å². The Balaban J connectivity index is 1.88. The first-order chi connectivity index (χ1) is 13.7. The third kappa shape index (κ3) is 5.00. The molecule has 1 aliphatic rings. The zero-order valence-electron chi connectivity index (χ0n) is 17.8. The largest absolute Gasteiger partial charge is 0.350 e. The number of aromatic nitrogens is 2. The molecule has 1 N–H and O–H groups in total. The number of piperidine rings is 1. The fourth-order valence-corrected chi connectivity index (χ4v) is 4.47. The molecule has 1 aliphatic heterocycles. The minimum Gasteiger partial charge on any atom is -0.350 e. The number of hydrogen-bond acceptors (Lipinski definition) is 4. The highest BCUT2D eigenvalue weighted by Gasteiger charge is 2.25. The second kappa shape index (κ2) is 10.5. The molecule has 1 atom stereocenters. The van der Waals surface area contributed by atoms with Crippen molar-refractivity contribution in [3.63, 3.8) is 0 Å². The summed E-state index contributed by atoms with van der Waals surface area (Å²) in [5.74, 6) is 1.11. The Morgan fingerprint density at radius 2 is 2.04 bits per heavy atom. The number of rotatable bonds is 10. The highest BCUT2D eigenvalue weighted by atomic mass is 35.5. The van der Waals surface area contributed by atoms with E-state index in [-0.39, 0.29) is 0 Å². The molecule has 156 valence electrons. The maximum atomic E-state index is 6.38. The van der Waals surface area contributed by atoms with Crippen molar-refractivity contribution in [1.82, 2.24) is 20.0 Å². The van der Waals surface area contributed by atoms with Crippen molar-refractivity contribution in [3.05, 3.63) is 23.2 Å². The number of nitrogens with one attached hydrogen (secondary N) is 1. The molecular weight excluding hydrogens is 370 g/mol. The average Bonchev–Trinajstić information content (AvgIpc) is 3.07. The monoisotopic (exact) mass is 405 g/mol. The Hall–Kier alpha value is -1.30. The van der Waals surface area contributed by atoms with Crippen LogP contribution in [-0.2, 0) is 6.54 Å². The zero-order chi connectivity index (χ0) is 19.9. The molecule has 1 aromatic heterocycles. The van der Waals surface area contributed by atoms with Gasteiger partial charge in [-0.05, 0) is 70.1 Å². The van der Waals surface area contributed by atoms with Crippen LogP contribution >= 0.6 is 11.6 Å². The van der Waals surface area contributed by atoms with Crippen molar-refractivity contribution in [2.24, 2.45) is 0 Å². The molecule has 5 nitrogen and oxygen atoms in total. The van der Waals surface area contributed by atoms with Gasteiger partial charge in [-0.1, -0.05) is 32.4 Å². The van der Waals surface area contributed by atoms with E-state index in [2.05, 4.69) is 52.7 Å². The smallest absolute Gasteiger partial charge is 0.158 e. The van der Waals surface area contributed by atoms with Crippen LogP contribution < -0.4 is 10.2 Å². The molecule has 0 bridgehead atoms. The average molecular weight is 406 g/mol. The van der Waals surface area contributed by atoms with E-state index in [9.17, 15) is 0 Å². The van der Waals surface area contributed by atoms with Gasteiger partial charge in [-0.2, -0.15) is 5.10 Å². The first-order valence-electron chi connectivity index (χ1n) is 11.0. The Morgan fingerprint density at radius 1 is 1.21 bits per heavy atom. The molecule has 28 heavy (non-hydrogen) atoms. The van der Waals surface area contributed by atoms with Gasteiger partial charge in [0.2, 0.25) is 0 Å². The van der Waals surface area contributed by atoms with Gasteiger partial charge in [0.15, 0.2) is 5.82 Å². The van der Waals surface area contributed by atoms with Crippen molar-refractivity contribution >= 4 is 28.3 Å². The van der Waals surface area contributed by atoms with Gasteiger partial charge in [-0.15, -0.1) is 0 Å². The molecule has 0 aliphatic carbocycles. The second-order valence-electron chi connectivity index (χ2n) is 7.78. The summed E-state index contributed by atoms with van der Waals surface area (Å²) in [5, 5.41) is 10.6. The first-order valence-corrected chi connectivity index (χ1v) is 11.4. The van der Waals surface area contributed by atoms with Gasteiger partial charge >= 0.3 is 0 Å².